The van der Waals surface area contributed by atoms with Crippen molar-refractivity contribution in [3.8, 4) is 0 Å². The van der Waals surface area contributed by atoms with Crippen molar-refractivity contribution < 1.29 is 52.7 Å². The summed E-state index contributed by atoms with van der Waals surface area (Å²) in [5, 5.41) is 8.39. The van der Waals surface area contributed by atoms with E-state index in [1.54, 1.807) is 0 Å². The predicted molar refractivity (Wildman–Crippen MR) is 227 cm³/mol. The zero-order valence-electron chi connectivity index (χ0n) is 30.6. The molecule has 0 aliphatic rings. The summed E-state index contributed by atoms with van der Waals surface area (Å²) in [5.74, 6) is 1.36. The van der Waals surface area contributed by atoms with Gasteiger partial charge in [0.1, 0.15) is 0 Å². The van der Waals surface area contributed by atoms with Crippen LogP contribution in [0.3, 0.4) is 0 Å². The smallest absolute Gasteiger partial charge is 0 e. The molecule has 0 aliphatic heterocycles. The van der Waals surface area contributed by atoms with Gasteiger partial charge in [-0.05, 0) is 60.6 Å². The second-order valence-corrected chi connectivity index (χ2v) is 15.3. The number of rotatable bonds is 10. The predicted octanol–water partition coefficient (Wildman–Crippen LogP) is 7.44. The van der Waals surface area contributed by atoms with Crippen LogP contribution in [-0.2, 0) is 78.0 Å². The van der Waals surface area contributed by atoms with Crippen molar-refractivity contribution in [2.45, 2.75) is 13.3 Å². The molecule has 0 N–H and O–H groups in total. The topological polar surface area (TPSA) is 82.8 Å². The molecule has 0 aliphatic carbocycles. The first-order valence-corrected chi connectivity index (χ1v) is 20.2. The van der Waals surface area contributed by atoms with E-state index in [2.05, 4.69) is 220 Å². The van der Waals surface area contributed by atoms with Crippen LogP contribution in [0, 0.1) is 26.6 Å². The first kappa shape index (κ1) is 57.2. The van der Waals surface area contributed by atoms with Gasteiger partial charge in [-0.15, -0.1) is 11.8 Å². The first-order valence-electron chi connectivity index (χ1n) is 16.4. The minimum atomic E-state index is -0.446. The van der Waals surface area contributed by atoms with E-state index in [9.17, 15) is 0 Å². The van der Waals surface area contributed by atoms with Crippen molar-refractivity contribution in [3.05, 3.63) is 209 Å². The van der Waals surface area contributed by atoms with E-state index in [4.69, 9.17) is 43.9 Å². The molecule has 0 heterocycles. The fourth-order valence-electron chi connectivity index (χ4n) is 4.84. The Kier molecular flexibility index (Phi) is 40.9. The fourth-order valence-corrected chi connectivity index (χ4v) is 10.0. The van der Waals surface area contributed by atoms with Crippen molar-refractivity contribution in [1.29, 1.82) is 0 Å². The number of nitrogens with zero attached hydrogens (tertiary/aromatic N) is 1. The van der Waals surface area contributed by atoms with Crippen LogP contribution in [-0.4, -0.2) is 23.2 Å². The van der Waals surface area contributed by atoms with Gasteiger partial charge in [0.25, 0.3) is 0 Å². The van der Waals surface area contributed by atoms with E-state index < -0.39 is 15.8 Å². The molecule has 0 aromatic heterocycles. The molecule has 0 spiro atoms. The van der Waals surface area contributed by atoms with Crippen molar-refractivity contribution in [2.75, 3.05) is 18.3 Å². The van der Waals surface area contributed by atoms with E-state index >= 15 is 0 Å². The van der Waals surface area contributed by atoms with Crippen LogP contribution in [0.5, 0.6) is 0 Å². The maximum absolute atomic E-state index is 7.50. The van der Waals surface area contributed by atoms with Crippen molar-refractivity contribution in [2.24, 2.45) is 0 Å². The summed E-state index contributed by atoms with van der Waals surface area (Å²) in [4.78, 5) is 2.06. The van der Waals surface area contributed by atoms with Gasteiger partial charge in [-0.3, -0.25) is 0 Å². The summed E-state index contributed by atoms with van der Waals surface area (Å²) in [7, 11) is -0.892. The molecule has 5 nitrogen and oxygen atoms in total. The van der Waals surface area contributed by atoms with E-state index in [1.165, 1.54) is 31.8 Å². The molecule has 0 radical (unpaired) electrons. The standard InChI is InChI=1S/2C18H15P.C5H13NS2.4CO.2Fe/c2*1-4-10-16(11-5-1)19(17-12-6-2-7-13-17)18-14-8-3-9-15-18;1-2-3-6(4-7)5-8;4*1-2;;/h2*1-15H;7-8H,2-5H2,1H3;;;;;;/p-2. The van der Waals surface area contributed by atoms with Gasteiger partial charge in [0, 0.05) is 34.1 Å². The number of hydrogen-bond acceptors (Lipinski definition) is 3. The molecule has 0 unspecified atom stereocenters. The minimum Gasteiger partial charge on any atom is -0.0622 e. The van der Waals surface area contributed by atoms with Crippen LogP contribution < -0.4 is 31.8 Å². The van der Waals surface area contributed by atoms with Crippen LogP contribution in [0.2, 0.25) is 0 Å². The number of hydrogen-bond donors (Lipinski definition) is 0. The normalized spacial score (nSPS) is 8.82. The molecular formula is C45H41Fe2NO4P2S2-2. The molecule has 6 aromatic rings. The van der Waals surface area contributed by atoms with Gasteiger partial charge >= 0.3 is 45.2 Å². The summed E-state index contributed by atoms with van der Waals surface area (Å²) in [6, 6.07) is 64.7. The monoisotopic (exact) mass is 897 g/mol. The minimum absolute atomic E-state index is 0. The second-order valence-electron chi connectivity index (χ2n) is 10.3. The summed E-state index contributed by atoms with van der Waals surface area (Å²) in [6.07, 6.45) is 1.15. The maximum Gasteiger partial charge on any atom is 0 e. The van der Waals surface area contributed by atoms with E-state index in [0.717, 1.165) is 13.0 Å². The molecular weight excluding hydrogens is 856 g/mol. The van der Waals surface area contributed by atoms with Crippen molar-refractivity contribution in [3.63, 3.8) is 0 Å². The Morgan fingerprint density at radius 3 is 0.643 bits per heavy atom. The zero-order valence-corrected chi connectivity index (χ0v) is 36.3. The molecule has 0 fully saturated rings. The van der Waals surface area contributed by atoms with Gasteiger partial charge in [-0.2, -0.15) is 0 Å². The molecule has 0 bridgehead atoms. The Morgan fingerprint density at radius 2 is 0.536 bits per heavy atom. The van der Waals surface area contributed by atoms with Gasteiger partial charge < -0.3 is 30.2 Å². The Hall–Kier alpha value is -3.16. The third-order valence-corrected chi connectivity index (χ3v) is 12.6. The molecule has 56 heavy (non-hydrogen) atoms. The maximum atomic E-state index is 7.50. The Labute approximate surface area is 368 Å². The van der Waals surface area contributed by atoms with Gasteiger partial charge in [0.2, 0.25) is 0 Å². The third-order valence-electron chi connectivity index (χ3n) is 6.99. The zero-order chi connectivity index (χ0) is 40.2. The molecule has 0 saturated heterocycles. The summed E-state index contributed by atoms with van der Waals surface area (Å²) >= 11 is 9.59. The molecule has 0 amide bonds. The SMILES string of the molecule is CCCN(C[S-])C[S-].[C-]#[O+].[C-]#[O+].[C-]#[O+].[C-]#[O+].[Fe].[Fe].c1ccc(P(c2ccccc2)c2ccccc2)cc1.c1ccc(P(c2ccccc2)c2ccccc2)cc1. The average Bonchev–Trinajstić information content (AvgIpc) is 3.28. The molecule has 11 heteroatoms. The van der Waals surface area contributed by atoms with E-state index in [0.29, 0.717) is 11.8 Å². The summed E-state index contributed by atoms with van der Waals surface area (Å²) < 4.78 is 30.0. The summed E-state index contributed by atoms with van der Waals surface area (Å²) in [6.45, 7) is 21.2. The van der Waals surface area contributed by atoms with Crippen LogP contribution >= 0.6 is 15.8 Å². The second kappa shape index (κ2) is 40.1. The van der Waals surface area contributed by atoms with Gasteiger partial charge in [-0.25, -0.2) is 0 Å². The van der Waals surface area contributed by atoms with E-state index in [1.807, 2.05) is 0 Å². The Morgan fingerprint density at radius 1 is 0.375 bits per heavy atom. The van der Waals surface area contributed by atoms with Crippen LogP contribution in [0.25, 0.3) is 0 Å². The first-order chi connectivity index (χ1) is 26.7. The molecule has 290 valence electrons. The van der Waals surface area contributed by atoms with Gasteiger partial charge in [0.05, 0.1) is 0 Å². The van der Waals surface area contributed by atoms with Crippen LogP contribution in [0.1, 0.15) is 13.3 Å². The van der Waals surface area contributed by atoms with Crippen LogP contribution in [0.15, 0.2) is 182 Å². The quantitative estimate of drug-likeness (QED) is 0.0472. The molecule has 0 atom stereocenters. The Balaban J connectivity index is -0.000000718. The average molecular weight is 898 g/mol. The van der Waals surface area contributed by atoms with E-state index in [-0.39, 0.29) is 34.1 Å². The molecule has 6 rings (SSSR count). The van der Waals surface area contributed by atoms with Crippen LogP contribution in [0.4, 0.5) is 0 Å². The number of benzene rings is 6. The third kappa shape index (κ3) is 22.0. The van der Waals surface area contributed by atoms with Crippen molar-refractivity contribution >= 4 is 72.9 Å². The summed E-state index contributed by atoms with van der Waals surface area (Å²) in [5.41, 5.74) is 0. The Bertz CT molecular complexity index is 1490. The largest absolute Gasteiger partial charge is 0.0622 e. The molecule has 6 aromatic carbocycles. The van der Waals surface area contributed by atoms with Crippen molar-refractivity contribution in [1.82, 2.24) is 4.90 Å². The van der Waals surface area contributed by atoms with Gasteiger partial charge in [0.15, 0.2) is 0 Å². The van der Waals surface area contributed by atoms with Gasteiger partial charge in [-0.1, -0.05) is 189 Å². The fraction of sp³-hybridized carbons (Fsp3) is 0.111. The molecule has 0 saturated carbocycles.